The van der Waals surface area contributed by atoms with E-state index >= 15 is 0 Å². The van der Waals surface area contributed by atoms with Gasteiger partial charge in [0.15, 0.2) is 0 Å². The number of carbonyl (C=O) groups is 1. The molecule has 2 nitrogen and oxygen atoms in total. The normalized spacial score (nSPS) is 11.9. The van der Waals surface area contributed by atoms with Crippen molar-refractivity contribution in [3.63, 3.8) is 0 Å². The number of amides is 1. The Labute approximate surface area is 127 Å². The van der Waals surface area contributed by atoms with Crippen molar-refractivity contribution in [2.45, 2.75) is 38.6 Å². The minimum atomic E-state index is 0.138. The zero-order valence-electron chi connectivity index (χ0n) is 12.6. The molecular formula is C19H23NO. The van der Waals surface area contributed by atoms with E-state index in [1.807, 2.05) is 24.3 Å². The van der Waals surface area contributed by atoms with Crippen LogP contribution in [-0.4, -0.2) is 11.9 Å². The second-order valence-corrected chi connectivity index (χ2v) is 5.48. The Morgan fingerprint density at radius 1 is 0.905 bits per heavy atom. The van der Waals surface area contributed by atoms with Gasteiger partial charge in [-0.2, -0.15) is 0 Å². The zero-order valence-corrected chi connectivity index (χ0v) is 12.6. The predicted molar refractivity (Wildman–Crippen MR) is 87.1 cm³/mol. The summed E-state index contributed by atoms with van der Waals surface area (Å²) in [4.78, 5) is 11.9. The van der Waals surface area contributed by atoms with Crippen LogP contribution in [0, 0.1) is 0 Å². The van der Waals surface area contributed by atoms with Crippen molar-refractivity contribution < 1.29 is 4.79 Å². The molecule has 0 aromatic heterocycles. The number of rotatable bonds is 7. The molecule has 0 saturated heterocycles. The largest absolute Gasteiger partial charge is 0.354 e. The van der Waals surface area contributed by atoms with Gasteiger partial charge < -0.3 is 5.32 Å². The quantitative estimate of drug-likeness (QED) is 0.822. The summed E-state index contributed by atoms with van der Waals surface area (Å²) in [6, 6.07) is 20.7. The SMILES string of the molecule is C[C@@H](CCc1ccccc1)NC(=O)CCc1ccccc1. The lowest BCUT2D eigenvalue weighted by molar-refractivity contribution is -0.121. The third-order valence-electron chi connectivity index (χ3n) is 3.60. The molecule has 2 aromatic rings. The third-order valence-corrected chi connectivity index (χ3v) is 3.60. The Bertz CT molecular complexity index is 536. The third kappa shape index (κ3) is 5.82. The van der Waals surface area contributed by atoms with Crippen LogP contribution in [0.2, 0.25) is 0 Å². The van der Waals surface area contributed by atoms with Crippen LogP contribution in [0.5, 0.6) is 0 Å². The molecule has 1 atom stereocenters. The van der Waals surface area contributed by atoms with E-state index in [-0.39, 0.29) is 11.9 Å². The second kappa shape index (κ2) is 8.25. The monoisotopic (exact) mass is 281 g/mol. The van der Waals surface area contributed by atoms with Crippen molar-refractivity contribution in [3.8, 4) is 0 Å². The Morgan fingerprint density at radius 2 is 1.43 bits per heavy atom. The first-order valence-electron chi connectivity index (χ1n) is 7.61. The molecule has 1 amide bonds. The van der Waals surface area contributed by atoms with Crippen LogP contribution in [0.1, 0.15) is 30.9 Å². The fourth-order valence-corrected chi connectivity index (χ4v) is 2.35. The fourth-order valence-electron chi connectivity index (χ4n) is 2.35. The predicted octanol–water partition coefficient (Wildman–Crippen LogP) is 3.76. The van der Waals surface area contributed by atoms with E-state index in [1.54, 1.807) is 0 Å². The molecule has 0 bridgehead atoms. The van der Waals surface area contributed by atoms with E-state index in [0.29, 0.717) is 6.42 Å². The summed E-state index contributed by atoms with van der Waals surface area (Å²) in [6.45, 7) is 2.07. The van der Waals surface area contributed by atoms with Crippen molar-refractivity contribution in [3.05, 3.63) is 71.8 Å². The highest BCUT2D eigenvalue weighted by molar-refractivity contribution is 5.76. The van der Waals surface area contributed by atoms with Crippen molar-refractivity contribution in [1.29, 1.82) is 0 Å². The minimum absolute atomic E-state index is 0.138. The highest BCUT2D eigenvalue weighted by Crippen LogP contribution is 2.06. The maximum absolute atomic E-state index is 11.9. The van der Waals surface area contributed by atoms with Gasteiger partial charge in [-0.25, -0.2) is 0 Å². The van der Waals surface area contributed by atoms with Crippen LogP contribution in [0.4, 0.5) is 0 Å². The average molecular weight is 281 g/mol. The van der Waals surface area contributed by atoms with Crippen LogP contribution >= 0.6 is 0 Å². The molecule has 0 heterocycles. The molecule has 0 spiro atoms. The number of benzene rings is 2. The molecule has 2 rings (SSSR count). The molecule has 0 aliphatic heterocycles. The van der Waals surface area contributed by atoms with E-state index in [9.17, 15) is 4.79 Å². The lowest BCUT2D eigenvalue weighted by Crippen LogP contribution is -2.33. The standard InChI is InChI=1S/C19H23NO/c1-16(12-13-17-8-4-2-5-9-17)20-19(21)15-14-18-10-6-3-7-11-18/h2-11,16H,12-15H2,1H3,(H,20,21)/t16-/m0/s1. The smallest absolute Gasteiger partial charge is 0.220 e. The van der Waals surface area contributed by atoms with Crippen molar-refractivity contribution in [2.75, 3.05) is 0 Å². The van der Waals surface area contributed by atoms with Gasteiger partial charge in [0.2, 0.25) is 5.91 Å². The summed E-state index contributed by atoms with van der Waals surface area (Å²) in [5.41, 5.74) is 2.53. The number of hydrogen-bond acceptors (Lipinski definition) is 1. The van der Waals surface area contributed by atoms with Gasteiger partial charge in [0.05, 0.1) is 0 Å². The molecule has 2 heteroatoms. The first-order chi connectivity index (χ1) is 10.2. The molecule has 0 saturated carbocycles. The molecule has 21 heavy (non-hydrogen) atoms. The highest BCUT2D eigenvalue weighted by Gasteiger charge is 2.07. The van der Waals surface area contributed by atoms with E-state index < -0.39 is 0 Å². The summed E-state index contributed by atoms with van der Waals surface area (Å²) >= 11 is 0. The minimum Gasteiger partial charge on any atom is -0.354 e. The molecule has 0 aliphatic carbocycles. The number of aryl methyl sites for hydroxylation is 2. The first kappa shape index (κ1) is 15.3. The molecule has 0 unspecified atom stereocenters. The average Bonchev–Trinajstić information content (AvgIpc) is 2.53. The van der Waals surface area contributed by atoms with Gasteiger partial charge in [0.25, 0.3) is 0 Å². The van der Waals surface area contributed by atoms with Crippen LogP contribution < -0.4 is 5.32 Å². The van der Waals surface area contributed by atoms with Crippen LogP contribution in [0.25, 0.3) is 0 Å². The summed E-state index contributed by atoms with van der Waals surface area (Å²) in [5.74, 6) is 0.138. The Morgan fingerprint density at radius 3 is 2.00 bits per heavy atom. The lowest BCUT2D eigenvalue weighted by atomic mass is 10.1. The highest BCUT2D eigenvalue weighted by atomic mass is 16.1. The number of carbonyl (C=O) groups excluding carboxylic acids is 1. The van der Waals surface area contributed by atoms with Crippen LogP contribution in [-0.2, 0) is 17.6 Å². The maximum Gasteiger partial charge on any atom is 0.220 e. The fraction of sp³-hybridized carbons (Fsp3) is 0.316. The molecule has 0 aliphatic rings. The Hall–Kier alpha value is -2.09. The van der Waals surface area contributed by atoms with Gasteiger partial charge in [0, 0.05) is 12.5 Å². The Kier molecular flexibility index (Phi) is 6.01. The van der Waals surface area contributed by atoms with Gasteiger partial charge >= 0.3 is 0 Å². The topological polar surface area (TPSA) is 29.1 Å². The van der Waals surface area contributed by atoms with Crippen molar-refractivity contribution in [1.82, 2.24) is 5.32 Å². The van der Waals surface area contributed by atoms with Gasteiger partial charge in [-0.3, -0.25) is 4.79 Å². The molecule has 1 N–H and O–H groups in total. The lowest BCUT2D eigenvalue weighted by Gasteiger charge is -2.14. The summed E-state index contributed by atoms with van der Waals surface area (Å²) in [7, 11) is 0. The summed E-state index contributed by atoms with van der Waals surface area (Å²) in [5, 5.41) is 3.08. The van der Waals surface area contributed by atoms with E-state index in [2.05, 4.69) is 48.6 Å². The molecule has 110 valence electrons. The van der Waals surface area contributed by atoms with Gasteiger partial charge in [0.1, 0.15) is 0 Å². The zero-order chi connectivity index (χ0) is 14.9. The van der Waals surface area contributed by atoms with Crippen LogP contribution in [0.15, 0.2) is 60.7 Å². The van der Waals surface area contributed by atoms with E-state index in [1.165, 1.54) is 11.1 Å². The van der Waals surface area contributed by atoms with Gasteiger partial charge in [-0.05, 0) is 37.3 Å². The van der Waals surface area contributed by atoms with E-state index in [4.69, 9.17) is 0 Å². The first-order valence-corrected chi connectivity index (χ1v) is 7.61. The van der Waals surface area contributed by atoms with Gasteiger partial charge in [-0.1, -0.05) is 60.7 Å². The van der Waals surface area contributed by atoms with Crippen molar-refractivity contribution in [2.24, 2.45) is 0 Å². The molecule has 0 fully saturated rings. The summed E-state index contributed by atoms with van der Waals surface area (Å²) in [6.07, 6.45) is 3.33. The van der Waals surface area contributed by atoms with E-state index in [0.717, 1.165) is 19.3 Å². The van der Waals surface area contributed by atoms with Crippen LogP contribution in [0.3, 0.4) is 0 Å². The number of nitrogens with one attached hydrogen (secondary N) is 1. The maximum atomic E-state index is 11.9. The van der Waals surface area contributed by atoms with Crippen molar-refractivity contribution >= 4 is 5.91 Å². The number of hydrogen-bond donors (Lipinski definition) is 1. The molecular weight excluding hydrogens is 258 g/mol. The second-order valence-electron chi connectivity index (χ2n) is 5.48. The Balaban J connectivity index is 1.67. The molecule has 0 radical (unpaired) electrons. The summed E-state index contributed by atoms with van der Waals surface area (Å²) < 4.78 is 0. The van der Waals surface area contributed by atoms with Gasteiger partial charge in [-0.15, -0.1) is 0 Å². The molecule has 2 aromatic carbocycles.